The Bertz CT molecular complexity index is 1190. The molecular weight excluding hydrogens is 326 g/mol. The summed E-state index contributed by atoms with van der Waals surface area (Å²) in [7, 11) is 1.98. The second-order valence-electron chi connectivity index (χ2n) is 6.26. The highest BCUT2D eigenvalue weighted by atomic mass is 16.2. The molecule has 26 heavy (non-hydrogen) atoms. The minimum Gasteiger partial charge on any atom is -0.342 e. The van der Waals surface area contributed by atoms with Crippen LogP contribution in [-0.4, -0.2) is 15.2 Å². The molecule has 0 saturated heterocycles. The summed E-state index contributed by atoms with van der Waals surface area (Å²) < 4.78 is 3.45. The molecule has 2 aromatic heterocycles. The van der Waals surface area contributed by atoms with Crippen LogP contribution in [-0.2, 0) is 13.5 Å². The molecule has 5 heteroatoms. The largest absolute Gasteiger partial charge is 0.342 e. The Hall–Kier alpha value is -3.34. The van der Waals surface area contributed by atoms with Crippen LogP contribution in [0.2, 0.25) is 0 Å². The number of benzene rings is 2. The molecule has 0 aliphatic rings. The number of hydrogen-bond acceptors (Lipinski definition) is 2. The Morgan fingerprint density at radius 2 is 1.69 bits per heavy atom. The number of fused-ring (bicyclic) bond motifs is 3. The van der Waals surface area contributed by atoms with Gasteiger partial charge in [-0.1, -0.05) is 43.3 Å². The topological polar surface area (TPSA) is 56.0 Å². The third-order valence-electron chi connectivity index (χ3n) is 4.76. The molecule has 4 aromatic rings. The number of nitrogens with one attached hydrogen (secondary N) is 1. The lowest BCUT2D eigenvalue weighted by molar-refractivity contribution is 0.101. The first-order valence-electron chi connectivity index (χ1n) is 8.60. The van der Waals surface area contributed by atoms with Crippen LogP contribution in [0.5, 0.6) is 0 Å². The van der Waals surface area contributed by atoms with E-state index in [1.807, 2.05) is 44.3 Å². The van der Waals surface area contributed by atoms with E-state index in [0.717, 1.165) is 27.5 Å². The zero-order valence-corrected chi connectivity index (χ0v) is 14.7. The summed E-state index contributed by atoms with van der Waals surface area (Å²) in [6, 6.07) is 18.5. The van der Waals surface area contributed by atoms with Crippen LogP contribution in [0.1, 0.15) is 23.0 Å². The summed E-state index contributed by atoms with van der Waals surface area (Å²) in [5.74, 6) is -0.305. The second kappa shape index (κ2) is 6.19. The van der Waals surface area contributed by atoms with E-state index in [4.69, 9.17) is 0 Å². The van der Waals surface area contributed by atoms with E-state index in [2.05, 4.69) is 9.99 Å². The Kier molecular flexibility index (Phi) is 3.84. The van der Waals surface area contributed by atoms with Crippen LogP contribution in [0.15, 0.2) is 65.5 Å². The van der Waals surface area contributed by atoms with Crippen molar-refractivity contribution in [2.45, 2.75) is 13.3 Å². The molecule has 0 bridgehead atoms. The summed E-state index contributed by atoms with van der Waals surface area (Å²) >= 11 is 0. The number of rotatable bonds is 3. The molecule has 4 rings (SSSR count). The van der Waals surface area contributed by atoms with Gasteiger partial charge >= 0.3 is 0 Å². The van der Waals surface area contributed by atoms with Gasteiger partial charge in [0.25, 0.3) is 11.5 Å². The molecule has 1 N–H and O–H groups in total. The number of para-hydroxylation sites is 1. The van der Waals surface area contributed by atoms with Crippen LogP contribution in [0.4, 0.5) is 0 Å². The number of aryl methyl sites for hydroxylation is 2. The first-order valence-corrected chi connectivity index (χ1v) is 8.60. The quantitative estimate of drug-likeness (QED) is 0.618. The SMILES string of the molecule is CCc1c2c(cc(=O)n1NC(=O)c1ccccc1)c1ccccc1n2C. The zero-order chi connectivity index (χ0) is 18.3. The van der Waals surface area contributed by atoms with Crippen molar-refractivity contribution >= 4 is 27.7 Å². The Morgan fingerprint density at radius 3 is 2.42 bits per heavy atom. The number of pyridine rings is 1. The number of hydrogen-bond donors (Lipinski definition) is 1. The normalized spacial score (nSPS) is 11.2. The van der Waals surface area contributed by atoms with Crippen LogP contribution in [0.25, 0.3) is 21.8 Å². The molecule has 0 aliphatic carbocycles. The molecule has 2 aromatic carbocycles. The average Bonchev–Trinajstić information content (AvgIpc) is 2.95. The van der Waals surface area contributed by atoms with Gasteiger partial charge in [-0.05, 0) is 24.6 Å². The van der Waals surface area contributed by atoms with Gasteiger partial charge in [0.2, 0.25) is 0 Å². The third-order valence-corrected chi connectivity index (χ3v) is 4.76. The van der Waals surface area contributed by atoms with E-state index in [0.29, 0.717) is 12.0 Å². The average molecular weight is 345 g/mol. The lowest BCUT2D eigenvalue weighted by Crippen LogP contribution is -2.35. The van der Waals surface area contributed by atoms with Gasteiger partial charge < -0.3 is 4.57 Å². The van der Waals surface area contributed by atoms with Gasteiger partial charge in [-0.15, -0.1) is 0 Å². The molecule has 0 radical (unpaired) electrons. The van der Waals surface area contributed by atoms with Crippen LogP contribution < -0.4 is 11.0 Å². The Labute approximate surface area is 150 Å². The minimum absolute atomic E-state index is 0.241. The van der Waals surface area contributed by atoms with Crippen molar-refractivity contribution in [1.82, 2.24) is 9.24 Å². The van der Waals surface area contributed by atoms with Crippen LogP contribution >= 0.6 is 0 Å². The maximum atomic E-state index is 12.8. The summed E-state index contributed by atoms with van der Waals surface area (Å²) in [6.45, 7) is 1.98. The minimum atomic E-state index is -0.305. The first-order chi connectivity index (χ1) is 12.6. The third kappa shape index (κ3) is 2.40. The van der Waals surface area contributed by atoms with E-state index in [-0.39, 0.29) is 11.5 Å². The second-order valence-corrected chi connectivity index (χ2v) is 6.26. The highest BCUT2D eigenvalue weighted by Crippen LogP contribution is 2.29. The van der Waals surface area contributed by atoms with Crippen molar-refractivity contribution in [2.24, 2.45) is 7.05 Å². The Balaban J connectivity index is 1.94. The van der Waals surface area contributed by atoms with Crippen molar-refractivity contribution in [3.8, 4) is 0 Å². The fraction of sp³-hybridized carbons (Fsp3) is 0.143. The van der Waals surface area contributed by atoms with Crippen LogP contribution in [0.3, 0.4) is 0 Å². The van der Waals surface area contributed by atoms with Crippen molar-refractivity contribution in [1.29, 1.82) is 0 Å². The molecule has 0 fully saturated rings. The maximum absolute atomic E-state index is 12.8. The van der Waals surface area contributed by atoms with E-state index < -0.39 is 0 Å². The first kappa shape index (κ1) is 16.1. The predicted molar refractivity (Wildman–Crippen MR) is 104 cm³/mol. The highest BCUT2D eigenvalue weighted by Gasteiger charge is 2.17. The van der Waals surface area contributed by atoms with Gasteiger partial charge in [-0.2, -0.15) is 0 Å². The van der Waals surface area contributed by atoms with E-state index in [9.17, 15) is 9.59 Å². The van der Waals surface area contributed by atoms with Crippen LogP contribution in [0, 0.1) is 0 Å². The summed E-state index contributed by atoms with van der Waals surface area (Å²) in [4.78, 5) is 25.3. The molecule has 2 heterocycles. The lowest BCUT2D eigenvalue weighted by atomic mass is 10.1. The fourth-order valence-corrected chi connectivity index (χ4v) is 3.55. The van der Waals surface area contributed by atoms with Gasteiger partial charge in [0.1, 0.15) is 0 Å². The molecule has 0 atom stereocenters. The monoisotopic (exact) mass is 345 g/mol. The highest BCUT2D eigenvalue weighted by molar-refractivity contribution is 6.09. The fourth-order valence-electron chi connectivity index (χ4n) is 3.55. The van der Waals surface area contributed by atoms with Gasteiger partial charge in [-0.3, -0.25) is 15.0 Å². The number of amides is 1. The number of carbonyl (C=O) groups excluding carboxylic acids is 1. The lowest BCUT2D eigenvalue weighted by Gasteiger charge is -2.15. The van der Waals surface area contributed by atoms with Gasteiger partial charge in [0, 0.05) is 35.0 Å². The number of aromatic nitrogens is 2. The van der Waals surface area contributed by atoms with Crippen molar-refractivity contribution in [2.75, 3.05) is 5.43 Å². The zero-order valence-electron chi connectivity index (χ0n) is 14.7. The maximum Gasteiger partial charge on any atom is 0.270 e. The summed E-state index contributed by atoms with van der Waals surface area (Å²) in [5, 5.41) is 1.95. The molecule has 130 valence electrons. The number of nitrogens with zero attached hydrogens (tertiary/aromatic N) is 2. The van der Waals surface area contributed by atoms with E-state index in [1.54, 1.807) is 30.3 Å². The summed E-state index contributed by atoms with van der Waals surface area (Å²) in [5.41, 5.74) is 5.84. The predicted octanol–water partition coefficient (Wildman–Crippen LogP) is 3.44. The number of carbonyl (C=O) groups is 1. The van der Waals surface area contributed by atoms with Gasteiger partial charge in [0.05, 0.1) is 11.2 Å². The molecular formula is C21H19N3O2. The van der Waals surface area contributed by atoms with Gasteiger partial charge in [-0.25, -0.2) is 4.68 Å². The van der Waals surface area contributed by atoms with E-state index in [1.165, 1.54) is 4.68 Å². The molecule has 0 aliphatic heterocycles. The van der Waals surface area contributed by atoms with Crippen molar-refractivity contribution < 1.29 is 4.79 Å². The summed E-state index contributed by atoms with van der Waals surface area (Å²) in [6.07, 6.45) is 0.617. The Morgan fingerprint density at radius 1 is 1.00 bits per heavy atom. The molecule has 5 nitrogen and oxygen atoms in total. The van der Waals surface area contributed by atoms with Crippen molar-refractivity contribution in [3.63, 3.8) is 0 Å². The standard InChI is InChI=1S/C21H19N3O2/c1-3-17-20-16(15-11-7-8-12-18(15)23(20)2)13-19(25)24(17)22-21(26)14-9-5-4-6-10-14/h4-13H,3H2,1-2H3,(H,22,26). The molecule has 0 spiro atoms. The van der Waals surface area contributed by atoms with Crippen molar-refractivity contribution in [3.05, 3.63) is 82.3 Å². The van der Waals surface area contributed by atoms with E-state index >= 15 is 0 Å². The molecule has 0 unspecified atom stereocenters. The van der Waals surface area contributed by atoms with Gasteiger partial charge in [0.15, 0.2) is 0 Å². The molecule has 1 amide bonds. The smallest absolute Gasteiger partial charge is 0.270 e. The molecule has 0 saturated carbocycles.